The summed E-state index contributed by atoms with van der Waals surface area (Å²) in [5.74, 6) is -0.508. The van der Waals surface area contributed by atoms with E-state index in [2.05, 4.69) is 10.1 Å². The van der Waals surface area contributed by atoms with Crippen LogP contribution < -0.4 is 5.69 Å². The van der Waals surface area contributed by atoms with Crippen molar-refractivity contribution in [3.8, 4) is 0 Å². The van der Waals surface area contributed by atoms with Gasteiger partial charge in [0.1, 0.15) is 5.82 Å². The first-order valence-corrected chi connectivity index (χ1v) is 5.57. The molecule has 1 aromatic carbocycles. The van der Waals surface area contributed by atoms with Crippen LogP contribution in [0.4, 0.5) is 0 Å². The van der Waals surface area contributed by atoms with E-state index in [0.29, 0.717) is 12.4 Å². The maximum atomic E-state index is 11.6. The Labute approximate surface area is 103 Å². The standard InChI is InChI=1S/C12H13N3O3/c16-11(17)7-6-10-13-12(18)15(14-10)8-9-4-2-1-3-5-9/h1-5H,6-8H2,(H,16,17)(H,13,14,18). The van der Waals surface area contributed by atoms with E-state index in [9.17, 15) is 9.59 Å². The number of aromatic amines is 1. The number of nitrogens with one attached hydrogen (secondary N) is 1. The van der Waals surface area contributed by atoms with E-state index in [0.717, 1.165) is 5.56 Å². The van der Waals surface area contributed by atoms with Crippen LogP contribution in [-0.4, -0.2) is 25.8 Å². The van der Waals surface area contributed by atoms with Gasteiger partial charge in [-0.25, -0.2) is 9.48 Å². The van der Waals surface area contributed by atoms with E-state index in [-0.39, 0.29) is 18.5 Å². The van der Waals surface area contributed by atoms with Crippen molar-refractivity contribution in [3.05, 3.63) is 52.2 Å². The number of aryl methyl sites for hydroxylation is 1. The molecule has 6 nitrogen and oxygen atoms in total. The van der Waals surface area contributed by atoms with Gasteiger partial charge < -0.3 is 5.11 Å². The Balaban J connectivity index is 2.10. The molecule has 2 aromatic rings. The summed E-state index contributed by atoms with van der Waals surface area (Å²) in [6.45, 7) is 0.378. The Morgan fingerprint density at radius 2 is 2.06 bits per heavy atom. The molecule has 18 heavy (non-hydrogen) atoms. The number of carbonyl (C=O) groups is 1. The molecule has 6 heteroatoms. The third-order valence-electron chi connectivity index (χ3n) is 2.48. The Bertz CT molecular complexity index is 586. The van der Waals surface area contributed by atoms with Crippen LogP contribution in [-0.2, 0) is 17.8 Å². The molecule has 0 bridgehead atoms. The molecule has 0 aliphatic heterocycles. The van der Waals surface area contributed by atoms with Gasteiger partial charge in [0.25, 0.3) is 0 Å². The van der Waals surface area contributed by atoms with Gasteiger partial charge in [-0.15, -0.1) is 0 Å². The number of rotatable bonds is 5. The minimum Gasteiger partial charge on any atom is -0.481 e. The van der Waals surface area contributed by atoms with Gasteiger partial charge in [0.15, 0.2) is 0 Å². The molecule has 0 unspecified atom stereocenters. The molecule has 94 valence electrons. The minimum absolute atomic E-state index is 0.0434. The Hall–Kier alpha value is -2.37. The number of hydrogen-bond acceptors (Lipinski definition) is 3. The molecule has 0 saturated heterocycles. The zero-order valence-corrected chi connectivity index (χ0v) is 9.67. The molecule has 0 aliphatic carbocycles. The van der Waals surface area contributed by atoms with Gasteiger partial charge in [-0.1, -0.05) is 30.3 Å². The summed E-state index contributed by atoms with van der Waals surface area (Å²) in [6.07, 6.45) is 0.185. The molecular formula is C12H13N3O3. The summed E-state index contributed by atoms with van der Waals surface area (Å²) < 4.78 is 1.30. The molecule has 0 radical (unpaired) electrons. The quantitative estimate of drug-likeness (QED) is 0.811. The van der Waals surface area contributed by atoms with E-state index in [4.69, 9.17) is 5.11 Å². The first-order valence-electron chi connectivity index (χ1n) is 5.57. The number of aromatic nitrogens is 3. The zero-order valence-electron chi connectivity index (χ0n) is 9.67. The number of carboxylic acid groups (broad SMARTS) is 1. The lowest BCUT2D eigenvalue weighted by Gasteiger charge is -1.99. The fraction of sp³-hybridized carbons (Fsp3) is 0.250. The number of carboxylic acids is 1. The lowest BCUT2D eigenvalue weighted by atomic mass is 10.2. The molecule has 0 spiro atoms. The van der Waals surface area contributed by atoms with Gasteiger partial charge in [-0.05, 0) is 5.56 Å². The lowest BCUT2D eigenvalue weighted by molar-refractivity contribution is -0.137. The van der Waals surface area contributed by atoms with Crippen molar-refractivity contribution in [2.75, 3.05) is 0 Å². The fourth-order valence-corrected chi connectivity index (χ4v) is 1.61. The molecule has 1 heterocycles. The summed E-state index contributed by atoms with van der Waals surface area (Å²) in [4.78, 5) is 24.6. The number of aliphatic carboxylic acids is 1. The summed E-state index contributed by atoms with van der Waals surface area (Å²) in [5.41, 5.74) is 0.648. The molecule has 2 rings (SSSR count). The molecule has 0 amide bonds. The van der Waals surface area contributed by atoms with Crippen LogP contribution >= 0.6 is 0 Å². The van der Waals surface area contributed by atoms with Gasteiger partial charge >= 0.3 is 11.7 Å². The van der Waals surface area contributed by atoms with Crippen LogP contribution in [0.15, 0.2) is 35.1 Å². The van der Waals surface area contributed by atoms with Crippen molar-refractivity contribution < 1.29 is 9.90 Å². The van der Waals surface area contributed by atoms with E-state index in [1.165, 1.54) is 4.68 Å². The number of H-pyrrole nitrogens is 1. The Kier molecular flexibility index (Phi) is 3.57. The van der Waals surface area contributed by atoms with Gasteiger partial charge in [-0.3, -0.25) is 9.78 Å². The van der Waals surface area contributed by atoms with Crippen LogP contribution in [0, 0.1) is 0 Å². The predicted molar refractivity (Wildman–Crippen MR) is 64.3 cm³/mol. The molecule has 1 aromatic heterocycles. The largest absolute Gasteiger partial charge is 0.481 e. The highest BCUT2D eigenvalue weighted by molar-refractivity contribution is 5.66. The first-order chi connectivity index (χ1) is 8.65. The Morgan fingerprint density at radius 1 is 1.33 bits per heavy atom. The van der Waals surface area contributed by atoms with E-state index in [1.54, 1.807) is 0 Å². The minimum atomic E-state index is -0.909. The molecule has 0 aliphatic rings. The van der Waals surface area contributed by atoms with Crippen LogP contribution in [0.3, 0.4) is 0 Å². The maximum Gasteiger partial charge on any atom is 0.343 e. The highest BCUT2D eigenvalue weighted by atomic mass is 16.4. The molecule has 0 atom stereocenters. The second-order valence-electron chi connectivity index (χ2n) is 3.91. The summed E-state index contributed by atoms with van der Waals surface area (Å²) in [6, 6.07) is 9.47. The monoisotopic (exact) mass is 247 g/mol. The topological polar surface area (TPSA) is 88.0 Å². The second kappa shape index (κ2) is 5.31. The molecule has 2 N–H and O–H groups in total. The van der Waals surface area contributed by atoms with Crippen molar-refractivity contribution in [3.63, 3.8) is 0 Å². The zero-order chi connectivity index (χ0) is 13.0. The van der Waals surface area contributed by atoms with E-state index < -0.39 is 5.97 Å². The first kappa shape index (κ1) is 12.1. The lowest BCUT2D eigenvalue weighted by Crippen LogP contribution is -2.18. The second-order valence-corrected chi connectivity index (χ2v) is 3.91. The number of hydrogen-bond donors (Lipinski definition) is 2. The number of benzene rings is 1. The summed E-state index contributed by atoms with van der Waals surface area (Å²) in [7, 11) is 0. The van der Waals surface area contributed by atoms with Gasteiger partial charge in [-0.2, -0.15) is 5.10 Å². The Morgan fingerprint density at radius 3 is 2.72 bits per heavy atom. The van der Waals surface area contributed by atoms with Crippen LogP contribution in [0.5, 0.6) is 0 Å². The van der Waals surface area contributed by atoms with E-state index >= 15 is 0 Å². The SMILES string of the molecule is O=C(O)CCc1nn(Cc2ccccc2)c(=O)[nH]1. The fourth-order valence-electron chi connectivity index (χ4n) is 1.61. The van der Waals surface area contributed by atoms with Crippen LogP contribution in [0.1, 0.15) is 17.8 Å². The van der Waals surface area contributed by atoms with Crippen molar-refractivity contribution in [1.82, 2.24) is 14.8 Å². The highest BCUT2D eigenvalue weighted by Gasteiger charge is 2.07. The van der Waals surface area contributed by atoms with Gasteiger partial charge in [0.05, 0.1) is 13.0 Å². The van der Waals surface area contributed by atoms with Crippen molar-refractivity contribution in [2.24, 2.45) is 0 Å². The summed E-state index contributed by atoms with van der Waals surface area (Å²) in [5, 5.41) is 12.6. The average molecular weight is 247 g/mol. The van der Waals surface area contributed by atoms with Crippen LogP contribution in [0.2, 0.25) is 0 Å². The predicted octanol–water partition coefficient (Wildman–Crippen LogP) is 0.637. The van der Waals surface area contributed by atoms with Crippen molar-refractivity contribution in [2.45, 2.75) is 19.4 Å². The van der Waals surface area contributed by atoms with Crippen LogP contribution in [0.25, 0.3) is 0 Å². The van der Waals surface area contributed by atoms with Crippen molar-refractivity contribution >= 4 is 5.97 Å². The molecular weight excluding hydrogens is 234 g/mol. The van der Waals surface area contributed by atoms with Crippen molar-refractivity contribution in [1.29, 1.82) is 0 Å². The molecule has 0 saturated carbocycles. The molecule has 0 fully saturated rings. The van der Waals surface area contributed by atoms with E-state index in [1.807, 2.05) is 30.3 Å². The highest BCUT2D eigenvalue weighted by Crippen LogP contribution is 2.00. The maximum absolute atomic E-state index is 11.6. The average Bonchev–Trinajstić information content (AvgIpc) is 2.69. The van der Waals surface area contributed by atoms with Gasteiger partial charge in [0, 0.05) is 6.42 Å². The third-order valence-corrected chi connectivity index (χ3v) is 2.48. The smallest absolute Gasteiger partial charge is 0.343 e. The number of nitrogens with zero attached hydrogens (tertiary/aromatic N) is 2. The van der Waals surface area contributed by atoms with Gasteiger partial charge in [0.2, 0.25) is 0 Å². The third kappa shape index (κ3) is 3.07. The normalized spacial score (nSPS) is 10.4. The summed E-state index contributed by atoms with van der Waals surface area (Å²) >= 11 is 0.